The summed E-state index contributed by atoms with van der Waals surface area (Å²) in [5, 5.41) is 15.8. The van der Waals surface area contributed by atoms with Crippen LogP contribution in [0.25, 0.3) is 11.3 Å². The van der Waals surface area contributed by atoms with E-state index in [-0.39, 0.29) is 11.8 Å². The van der Waals surface area contributed by atoms with Crippen LogP contribution in [0.4, 0.5) is 0 Å². The van der Waals surface area contributed by atoms with Crippen LogP contribution in [0.5, 0.6) is 0 Å². The van der Waals surface area contributed by atoms with Crippen LogP contribution in [-0.2, 0) is 16.6 Å². The summed E-state index contributed by atoms with van der Waals surface area (Å²) < 4.78 is 0. The van der Waals surface area contributed by atoms with Crippen LogP contribution in [-0.4, -0.2) is 21.3 Å². The second-order valence-electron chi connectivity index (χ2n) is 6.13. The Bertz CT molecular complexity index is 636. The van der Waals surface area contributed by atoms with Gasteiger partial charge in [-0.3, -0.25) is 9.89 Å². The number of nitrogens with zero attached hydrogens (tertiary/aromatic N) is 1. The highest BCUT2D eigenvalue weighted by Gasteiger charge is 2.16. The number of nitrogens with one attached hydrogen (secondary N) is 1. The van der Waals surface area contributed by atoms with E-state index in [1.165, 1.54) is 5.56 Å². The Morgan fingerprint density at radius 1 is 1.30 bits per heavy atom. The molecule has 0 fully saturated rings. The van der Waals surface area contributed by atoms with Crippen molar-refractivity contribution >= 4 is 5.97 Å². The van der Waals surface area contributed by atoms with Crippen molar-refractivity contribution in [2.75, 3.05) is 0 Å². The summed E-state index contributed by atoms with van der Waals surface area (Å²) in [7, 11) is 0. The molecule has 2 aromatic rings. The molecule has 106 valence electrons. The van der Waals surface area contributed by atoms with Crippen LogP contribution in [0.2, 0.25) is 0 Å². The Hall–Kier alpha value is -2.10. The van der Waals surface area contributed by atoms with E-state index in [2.05, 4.69) is 49.2 Å². The van der Waals surface area contributed by atoms with Gasteiger partial charge in [-0.25, -0.2) is 0 Å². The van der Waals surface area contributed by atoms with E-state index in [4.69, 9.17) is 5.11 Å². The van der Waals surface area contributed by atoms with Crippen LogP contribution in [0, 0.1) is 6.92 Å². The van der Waals surface area contributed by atoms with Crippen molar-refractivity contribution in [2.45, 2.75) is 39.5 Å². The molecule has 1 aromatic heterocycles. The average molecular weight is 272 g/mol. The Morgan fingerprint density at radius 3 is 2.60 bits per heavy atom. The Labute approximate surface area is 118 Å². The summed E-state index contributed by atoms with van der Waals surface area (Å²) in [6, 6.07) is 8.16. The second kappa shape index (κ2) is 5.12. The van der Waals surface area contributed by atoms with E-state index < -0.39 is 5.97 Å². The van der Waals surface area contributed by atoms with E-state index in [1.54, 1.807) is 0 Å². The van der Waals surface area contributed by atoms with Crippen molar-refractivity contribution in [3.8, 4) is 11.3 Å². The molecule has 0 aliphatic heterocycles. The molecule has 2 N–H and O–H groups in total. The third-order valence-electron chi connectivity index (χ3n) is 3.35. The number of aromatic nitrogens is 2. The summed E-state index contributed by atoms with van der Waals surface area (Å²) in [5.41, 5.74) is 4.90. The van der Waals surface area contributed by atoms with E-state index in [9.17, 15) is 4.79 Å². The number of carbonyl (C=O) groups is 1. The van der Waals surface area contributed by atoms with Gasteiger partial charge in [0.15, 0.2) is 0 Å². The lowest BCUT2D eigenvalue weighted by Gasteiger charge is -2.20. The second-order valence-corrected chi connectivity index (χ2v) is 6.13. The van der Waals surface area contributed by atoms with Gasteiger partial charge in [-0.1, -0.05) is 32.9 Å². The first-order chi connectivity index (χ1) is 9.27. The van der Waals surface area contributed by atoms with Gasteiger partial charge in [-0.2, -0.15) is 5.10 Å². The number of carboxylic acid groups (broad SMARTS) is 1. The molecule has 0 radical (unpaired) electrons. The lowest BCUT2D eigenvalue weighted by atomic mass is 9.85. The largest absolute Gasteiger partial charge is 0.481 e. The van der Waals surface area contributed by atoms with Crippen LogP contribution >= 0.6 is 0 Å². The zero-order chi connectivity index (χ0) is 14.9. The number of carboxylic acids is 1. The molecule has 0 bridgehead atoms. The van der Waals surface area contributed by atoms with E-state index in [0.29, 0.717) is 5.69 Å². The van der Waals surface area contributed by atoms with Gasteiger partial charge in [-0.05, 0) is 35.6 Å². The lowest BCUT2D eigenvalue weighted by molar-refractivity contribution is -0.136. The lowest BCUT2D eigenvalue weighted by Crippen LogP contribution is -2.11. The maximum Gasteiger partial charge on any atom is 0.309 e. The normalized spacial score (nSPS) is 11.6. The maximum absolute atomic E-state index is 10.7. The fourth-order valence-corrected chi connectivity index (χ4v) is 2.12. The van der Waals surface area contributed by atoms with Crippen molar-refractivity contribution in [3.05, 3.63) is 41.1 Å². The molecule has 1 aromatic carbocycles. The molecule has 20 heavy (non-hydrogen) atoms. The van der Waals surface area contributed by atoms with Gasteiger partial charge in [0.2, 0.25) is 0 Å². The maximum atomic E-state index is 10.7. The van der Waals surface area contributed by atoms with Crippen LogP contribution in [0.15, 0.2) is 24.3 Å². The van der Waals surface area contributed by atoms with Crippen molar-refractivity contribution in [2.24, 2.45) is 0 Å². The molecular weight excluding hydrogens is 252 g/mol. The highest BCUT2D eigenvalue weighted by Crippen LogP contribution is 2.29. The third-order valence-corrected chi connectivity index (χ3v) is 3.35. The summed E-state index contributed by atoms with van der Waals surface area (Å²) in [4.78, 5) is 10.7. The fourth-order valence-electron chi connectivity index (χ4n) is 2.12. The van der Waals surface area contributed by atoms with E-state index >= 15 is 0 Å². The van der Waals surface area contributed by atoms with Gasteiger partial charge < -0.3 is 5.11 Å². The first-order valence-electron chi connectivity index (χ1n) is 6.65. The first kappa shape index (κ1) is 14.3. The summed E-state index contributed by atoms with van der Waals surface area (Å²) in [5.74, 6) is -0.861. The van der Waals surface area contributed by atoms with Crippen LogP contribution in [0.3, 0.4) is 0 Å². The van der Waals surface area contributed by atoms with E-state index in [0.717, 1.165) is 16.8 Å². The molecule has 0 saturated heterocycles. The monoisotopic (exact) mass is 272 g/mol. The standard InChI is InChI=1S/C16H20N2O2/c1-10-5-6-11(16(2,3)4)7-13(10)14-8-12(17-18-14)9-15(19)20/h5-8H,9H2,1-4H3,(H,17,18)(H,19,20). The minimum absolute atomic E-state index is 0.0367. The molecule has 0 spiro atoms. The molecule has 0 saturated carbocycles. The zero-order valence-corrected chi connectivity index (χ0v) is 12.3. The van der Waals surface area contributed by atoms with Crippen molar-refractivity contribution in [3.63, 3.8) is 0 Å². The highest BCUT2D eigenvalue weighted by atomic mass is 16.4. The summed E-state index contributed by atoms with van der Waals surface area (Å²) in [6.07, 6.45) is -0.0367. The number of hydrogen-bond donors (Lipinski definition) is 2. The van der Waals surface area contributed by atoms with Gasteiger partial charge in [0.05, 0.1) is 12.1 Å². The Kier molecular flexibility index (Phi) is 3.66. The number of aryl methyl sites for hydroxylation is 1. The molecule has 4 nitrogen and oxygen atoms in total. The number of benzene rings is 1. The minimum atomic E-state index is -0.861. The first-order valence-corrected chi connectivity index (χ1v) is 6.65. The smallest absolute Gasteiger partial charge is 0.309 e. The molecule has 0 aliphatic rings. The number of aromatic amines is 1. The molecule has 0 unspecified atom stereocenters. The molecule has 4 heteroatoms. The third kappa shape index (κ3) is 3.07. The van der Waals surface area contributed by atoms with Crippen molar-refractivity contribution < 1.29 is 9.90 Å². The molecule has 0 atom stereocenters. The van der Waals surface area contributed by atoms with Crippen LogP contribution in [0.1, 0.15) is 37.6 Å². The van der Waals surface area contributed by atoms with Crippen LogP contribution < -0.4 is 0 Å². The Balaban J connectivity index is 2.41. The zero-order valence-electron chi connectivity index (χ0n) is 12.3. The number of aliphatic carboxylic acids is 1. The molecule has 0 aliphatic carbocycles. The predicted octanol–water partition coefficient (Wildman–Crippen LogP) is 3.31. The average Bonchev–Trinajstić information content (AvgIpc) is 2.75. The minimum Gasteiger partial charge on any atom is -0.481 e. The predicted molar refractivity (Wildman–Crippen MR) is 78.8 cm³/mol. The van der Waals surface area contributed by atoms with Gasteiger partial charge in [0, 0.05) is 11.3 Å². The Morgan fingerprint density at radius 2 is 2.00 bits per heavy atom. The molecule has 0 amide bonds. The quantitative estimate of drug-likeness (QED) is 0.900. The van der Waals surface area contributed by atoms with Gasteiger partial charge in [0.1, 0.15) is 0 Å². The summed E-state index contributed by atoms with van der Waals surface area (Å²) >= 11 is 0. The molecular formula is C16H20N2O2. The van der Waals surface area contributed by atoms with Gasteiger partial charge in [0.25, 0.3) is 0 Å². The fraction of sp³-hybridized carbons (Fsp3) is 0.375. The number of rotatable bonds is 3. The van der Waals surface area contributed by atoms with Gasteiger partial charge >= 0.3 is 5.97 Å². The van der Waals surface area contributed by atoms with Crippen molar-refractivity contribution in [1.82, 2.24) is 10.2 Å². The molecule has 2 rings (SSSR count). The van der Waals surface area contributed by atoms with E-state index in [1.807, 2.05) is 13.0 Å². The number of H-pyrrole nitrogens is 1. The SMILES string of the molecule is Cc1ccc(C(C)(C)C)cc1-c1cc(CC(=O)O)[nH]n1. The topological polar surface area (TPSA) is 66.0 Å². The molecule has 1 heterocycles. The number of hydrogen-bond acceptors (Lipinski definition) is 2. The summed E-state index contributed by atoms with van der Waals surface area (Å²) in [6.45, 7) is 8.54. The van der Waals surface area contributed by atoms with Gasteiger partial charge in [-0.15, -0.1) is 0 Å². The van der Waals surface area contributed by atoms with Crippen molar-refractivity contribution in [1.29, 1.82) is 0 Å². The highest BCUT2D eigenvalue weighted by molar-refractivity contribution is 5.71.